The second-order valence-corrected chi connectivity index (χ2v) is 5.99. The maximum Gasteiger partial charge on any atom is 0.185 e. The number of methoxy groups -OCH3 is 1. The summed E-state index contributed by atoms with van der Waals surface area (Å²) in [6, 6.07) is 2.88. The van der Waals surface area contributed by atoms with Gasteiger partial charge >= 0.3 is 0 Å². The zero-order valence-corrected chi connectivity index (χ0v) is 15.7. The molecule has 2 rings (SSSR count). The molecule has 0 bridgehead atoms. The van der Waals surface area contributed by atoms with E-state index in [1.54, 1.807) is 28.0 Å². The first kappa shape index (κ1) is 20.4. The Bertz CT molecular complexity index is 913. The summed E-state index contributed by atoms with van der Waals surface area (Å²) in [6.07, 6.45) is 1.87. The van der Waals surface area contributed by atoms with Crippen molar-refractivity contribution in [2.45, 2.75) is 13.8 Å². The number of aromatic nitrogens is 2. The monoisotopic (exact) mass is 376 g/mol. The van der Waals surface area contributed by atoms with Crippen LogP contribution in [0, 0.1) is 11.6 Å². The number of nitrogens with two attached hydrogens (primary N) is 1. The molecule has 0 spiro atoms. The number of rotatable bonds is 7. The predicted molar refractivity (Wildman–Crippen MR) is 101 cm³/mol. The highest BCUT2D eigenvalue weighted by Gasteiger charge is 2.21. The van der Waals surface area contributed by atoms with E-state index < -0.39 is 11.6 Å². The van der Waals surface area contributed by atoms with Crippen LogP contribution >= 0.6 is 0 Å². The van der Waals surface area contributed by atoms with E-state index in [-0.39, 0.29) is 17.0 Å². The number of nitrogens with zero attached hydrogens (tertiary/aromatic N) is 3. The van der Waals surface area contributed by atoms with Gasteiger partial charge in [-0.3, -0.25) is 9.79 Å². The smallest absolute Gasteiger partial charge is 0.185 e. The molecule has 1 aromatic heterocycles. The number of benzene rings is 1. The third-order valence-corrected chi connectivity index (χ3v) is 4.16. The first-order valence-electron chi connectivity index (χ1n) is 8.25. The van der Waals surface area contributed by atoms with Crippen molar-refractivity contribution < 1.29 is 18.3 Å². The lowest BCUT2D eigenvalue weighted by Crippen LogP contribution is -2.10. The normalized spacial score (nSPS) is 12.9. The molecule has 0 amide bonds. The molecule has 8 heteroatoms. The number of allylic oxidation sites excluding steroid dienone is 2. The Morgan fingerprint density at radius 2 is 2.04 bits per heavy atom. The van der Waals surface area contributed by atoms with Crippen molar-refractivity contribution in [3.8, 4) is 11.3 Å². The van der Waals surface area contributed by atoms with Crippen LogP contribution in [0.4, 0.5) is 8.78 Å². The lowest BCUT2D eigenvalue weighted by molar-refractivity contribution is 0.111. The first-order chi connectivity index (χ1) is 12.8. The van der Waals surface area contributed by atoms with Crippen molar-refractivity contribution in [3.05, 3.63) is 47.0 Å². The van der Waals surface area contributed by atoms with Gasteiger partial charge in [-0.05, 0) is 19.9 Å². The molecule has 2 N–H and O–H groups in total. The van der Waals surface area contributed by atoms with Crippen molar-refractivity contribution in [1.82, 2.24) is 9.55 Å². The number of aldehydes is 1. The molecule has 1 heterocycles. The van der Waals surface area contributed by atoms with Gasteiger partial charge in [0.05, 0.1) is 25.0 Å². The molecule has 144 valence electrons. The zero-order valence-electron chi connectivity index (χ0n) is 15.7. The Kier molecular flexibility index (Phi) is 6.57. The van der Waals surface area contributed by atoms with Crippen LogP contribution in [-0.2, 0) is 11.8 Å². The van der Waals surface area contributed by atoms with E-state index in [2.05, 4.69) is 9.98 Å². The summed E-state index contributed by atoms with van der Waals surface area (Å²) in [5.74, 6) is -1.97. The maximum absolute atomic E-state index is 14.9. The number of hydrogen-bond donors (Lipinski definition) is 1. The van der Waals surface area contributed by atoms with Crippen LogP contribution in [0.1, 0.15) is 30.0 Å². The Morgan fingerprint density at radius 1 is 1.33 bits per heavy atom. The van der Waals surface area contributed by atoms with Crippen LogP contribution < -0.4 is 5.73 Å². The largest absolute Gasteiger partial charge is 0.402 e. The second-order valence-electron chi connectivity index (χ2n) is 5.99. The van der Waals surface area contributed by atoms with E-state index in [4.69, 9.17) is 10.5 Å². The SMILES string of the molecule is COCCN=C(C)/C(=C(/C)N)c1ccc(-c2cnc(C=O)n2C)c(F)c1F. The molecular weight excluding hydrogens is 354 g/mol. The lowest BCUT2D eigenvalue weighted by atomic mass is 9.97. The Labute approximate surface area is 156 Å². The van der Waals surface area contributed by atoms with Gasteiger partial charge in [0.2, 0.25) is 0 Å². The molecule has 0 aliphatic rings. The maximum atomic E-state index is 14.9. The van der Waals surface area contributed by atoms with E-state index in [9.17, 15) is 13.6 Å². The standard InChI is InChI=1S/C19H22F2N4O2/c1-11(22)17(12(2)23-7-8-27-4)14-6-5-13(18(20)19(14)21)15-9-24-16(10-26)25(15)3/h5-6,9-10H,7-8,22H2,1-4H3/b17-11+,23-12?. The van der Waals surface area contributed by atoms with Gasteiger partial charge in [-0.25, -0.2) is 13.8 Å². The number of halogens is 2. The molecule has 0 fully saturated rings. The minimum atomic E-state index is -1.05. The Morgan fingerprint density at radius 3 is 2.59 bits per heavy atom. The molecule has 0 atom stereocenters. The van der Waals surface area contributed by atoms with Gasteiger partial charge in [-0.2, -0.15) is 0 Å². The summed E-state index contributed by atoms with van der Waals surface area (Å²) in [4.78, 5) is 19.1. The van der Waals surface area contributed by atoms with Crippen molar-refractivity contribution in [1.29, 1.82) is 0 Å². The topological polar surface area (TPSA) is 82.5 Å². The summed E-state index contributed by atoms with van der Waals surface area (Å²) in [5.41, 5.74) is 7.38. The first-order valence-corrected chi connectivity index (χ1v) is 8.25. The minimum Gasteiger partial charge on any atom is -0.402 e. The molecule has 6 nitrogen and oxygen atoms in total. The van der Waals surface area contributed by atoms with E-state index in [1.807, 2.05) is 0 Å². The van der Waals surface area contributed by atoms with E-state index >= 15 is 0 Å². The zero-order chi connectivity index (χ0) is 20.1. The van der Waals surface area contributed by atoms with Crippen LogP contribution in [0.2, 0.25) is 0 Å². The fraction of sp³-hybridized carbons (Fsp3) is 0.316. The molecule has 27 heavy (non-hydrogen) atoms. The van der Waals surface area contributed by atoms with Gasteiger partial charge in [0.15, 0.2) is 23.7 Å². The second kappa shape index (κ2) is 8.68. The number of carbonyl (C=O) groups excluding carboxylic acids is 1. The lowest BCUT2D eigenvalue weighted by Gasteiger charge is -2.14. The molecule has 0 saturated heterocycles. The van der Waals surface area contributed by atoms with E-state index in [0.717, 1.165) is 0 Å². The van der Waals surface area contributed by atoms with E-state index in [1.165, 1.54) is 22.9 Å². The summed E-state index contributed by atoms with van der Waals surface area (Å²) >= 11 is 0. The predicted octanol–water partition coefficient (Wildman–Crippen LogP) is 2.97. The Hall–Kier alpha value is -2.87. The highest BCUT2D eigenvalue weighted by atomic mass is 19.2. The average molecular weight is 376 g/mol. The molecule has 0 aliphatic carbocycles. The average Bonchev–Trinajstić information content (AvgIpc) is 2.99. The van der Waals surface area contributed by atoms with Crippen molar-refractivity contribution in [2.75, 3.05) is 20.3 Å². The third kappa shape index (κ3) is 4.11. The summed E-state index contributed by atoms with van der Waals surface area (Å²) in [5, 5.41) is 0. The molecule has 0 radical (unpaired) electrons. The number of hydrogen-bond acceptors (Lipinski definition) is 5. The van der Waals surface area contributed by atoms with Gasteiger partial charge < -0.3 is 15.0 Å². The fourth-order valence-electron chi connectivity index (χ4n) is 2.80. The molecule has 0 unspecified atom stereocenters. The number of ether oxygens (including phenoxy) is 1. The number of imidazole rings is 1. The molecule has 0 saturated carbocycles. The van der Waals surface area contributed by atoms with Crippen LogP contribution in [0.3, 0.4) is 0 Å². The Balaban J connectivity index is 2.55. The van der Waals surface area contributed by atoms with Crippen molar-refractivity contribution in [2.24, 2.45) is 17.8 Å². The van der Waals surface area contributed by atoms with Crippen LogP contribution in [0.15, 0.2) is 29.0 Å². The minimum absolute atomic E-state index is 0.00218. The quantitative estimate of drug-likeness (QED) is 0.458. The van der Waals surface area contributed by atoms with Crippen LogP contribution in [-0.4, -0.2) is 41.8 Å². The number of carbonyl (C=O) groups is 1. The highest BCUT2D eigenvalue weighted by Crippen LogP contribution is 2.30. The molecule has 0 aliphatic heterocycles. The molecule has 2 aromatic rings. The molecule has 1 aromatic carbocycles. The van der Waals surface area contributed by atoms with E-state index in [0.29, 0.717) is 42.1 Å². The summed E-state index contributed by atoms with van der Waals surface area (Å²) < 4.78 is 36.0. The fourth-order valence-corrected chi connectivity index (χ4v) is 2.80. The van der Waals surface area contributed by atoms with Crippen LogP contribution in [0.5, 0.6) is 0 Å². The third-order valence-electron chi connectivity index (χ3n) is 4.16. The van der Waals surface area contributed by atoms with Crippen molar-refractivity contribution >= 4 is 17.6 Å². The van der Waals surface area contributed by atoms with Gasteiger partial charge in [-0.15, -0.1) is 0 Å². The van der Waals surface area contributed by atoms with Gasteiger partial charge in [0, 0.05) is 42.3 Å². The van der Waals surface area contributed by atoms with Gasteiger partial charge in [-0.1, -0.05) is 6.07 Å². The summed E-state index contributed by atoms with van der Waals surface area (Å²) in [6.45, 7) is 4.08. The van der Waals surface area contributed by atoms with Crippen molar-refractivity contribution in [3.63, 3.8) is 0 Å². The van der Waals surface area contributed by atoms with Gasteiger partial charge in [0.25, 0.3) is 0 Å². The highest BCUT2D eigenvalue weighted by molar-refractivity contribution is 6.23. The summed E-state index contributed by atoms with van der Waals surface area (Å²) in [7, 11) is 3.11. The number of aliphatic imine (C=N–C) groups is 1. The van der Waals surface area contributed by atoms with Gasteiger partial charge in [0.1, 0.15) is 0 Å². The molecular formula is C19H22F2N4O2. The van der Waals surface area contributed by atoms with Crippen LogP contribution in [0.25, 0.3) is 16.8 Å².